The van der Waals surface area contributed by atoms with Crippen LogP contribution in [-0.4, -0.2) is 29.1 Å². The number of nitrogens with one attached hydrogen (secondary N) is 1. The van der Waals surface area contributed by atoms with Crippen molar-refractivity contribution in [2.45, 2.75) is 26.7 Å². The number of amides is 1. The first-order valence-electron chi connectivity index (χ1n) is 6.86. The van der Waals surface area contributed by atoms with Gasteiger partial charge in [0.15, 0.2) is 0 Å². The van der Waals surface area contributed by atoms with Gasteiger partial charge in [0.05, 0.1) is 12.2 Å². The summed E-state index contributed by atoms with van der Waals surface area (Å²) in [5.74, 6) is 6.17. The first-order valence-corrected chi connectivity index (χ1v) is 6.86. The van der Waals surface area contributed by atoms with E-state index in [0.29, 0.717) is 35.4 Å². The summed E-state index contributed by atoms with van der Waals surface area (Å²) in [4.78, 5) is 16.1. The van der Waals surface area contributed by atoms with Crippen molar-refractivity contribution in [3.05, 3.63) is 29.6 Å². The lowest BCUT2D eigenvalue weighted by atomic mass is 10.1. The van der Waals surface area contributed by atoms with E-state index in [-0.39, 0.29) is 12.5 Å². The van der Waals surface area contributed by atoms with Gasteiger partial charge in [-0.25, -0.2) is 0 Å². The quantitative estimate of drug-likeness (QED) is 0.818. The molecule has 106 valence electrons. The third kappa shape index (κ3) is 3.82. The lowest BCUT2D eigenvalue weighted by Crippen LogP contribution is -2.26. The Morgan fingerprint density at radius 1 is 1.55 bits per heavy atom. The van der Waals surface area contributed by atoms with Crippen molar-refractivity contribution in [3.63, 3.8) is 0 Å². The Kier molecular flexibility index (Phi) is 4.41. The standard InChI is InChI=1S/C16H20N2O2/c1-16(2)8-14(16)11-18-15(20)13-7-12(9-17-10-13)5-3-4-6-19/h7,9-10,14,19H,4,6,8,11H2,1-2H3,(H,18,20). The van der Waals surface area contributed by atoms with E-state index in [4.69, 9.17) is 5.11 Å². The molecule has 1 saturated carbocycles. The second kappa shape index (κ2) is 6.06. The van der Waals surface area contributed by atoms with Crippen LogP contribution in [0.4, 0.5) is 0 Å². The topological polar surface area (TPSA) is 62.2 Å². The predicted octanol–water partition coefficient (Wildman–Crippen LogP) is 1.59. The van der Waals surface area contributed by atoms with Crippen LogP contribution in [0.5, 0.6) is 0 Å². The fourth-order valence-corrected chi connectivity index (χ4v) is 2.10. The lowest BCUT2D eigenvalue weighted by molar-refractivity contribution is 0.0950. The molecule has 1 aromatic rings. The lowest BCUT2D eigenvalue weighted by Gasteiger charge is -2.06. The Labute approximate surface area is 119 Å². The van der Waals surface area contributed by atoms with Crippen LogP contribution < -0.4 is 5.32 Å². The Balaban J connectivity index is 1.93. The SMILES string of the molecule is CC1(C)CC1CNC(=O)c1cncc(C#CCCO)c1. The average molecular weight is 272 g/mol. The second-order valence-electron chi connectivity index (χ2n) is 5.84. The van der Waals surface area contributed by atoms with Crippen molar-refractivity contribution in [2.24, 2.45) is 11.3 Å². The summed E-state index contributed by atoms with van der Waals surface area (Å²) >= 11 is 0. The fourth-order valence-electron chi connectivity index (χ4n) is 2.10. The smallest absolute Gasteiger partial charge is 0.252 e. The maximum Gasteiger partial charge on any atom is 0.252 e. The van der Waals surface area contributed by atoms with Crippen LogP contribution in [0.2, 0.25) is 0 Å². The molecule has 1 atom stereocenters. The zero-order valence-electron chi connectivity index (χ0n) is 11.9. The summed E-state index contributed by atoms with van der Waals surface area (Å²) in [6.45, 7) is 5.18. The van der Waals surface area contributed by atoms with Gasteiger partial charge in [0.1, 0.15) is 0 Å². The minimum absolute atomic E-state index is 0.0395. The average Bonchev–Trinajstić information content (AvgIpc) is 3.04. The second-order valence-corrected chi connectivity index (χ2v) is 5.84. The van der Waals surface area contributed by atoms with Crippen LogP contribution in [0, 0.1) is 23.2 Å². The van der Waals surface area contributed by atoms with Gasteiger partial charge in [-0.3, -0.25) is 9.78 Å². The minimum Gasteiger partial charge on any atom is -0.395 e. The van der Waals surface area contributed by atoms with Crippen LogP contribution in [-0.2, 0) is 0 Å². The van der Waals surface area contributed by atoms with Gasteiger partial charge in [-0.15, -0.1) is 0 Å². The molecule has 1 fully saturated rings. The van der Waals surface area contributed by atoms with Crippen molar-refractivity contribution in [1.29, 1.82) is 0 Å². The van der Waals surface area contributed by atoms with Gasteiger partial charge in [-0.1, -0.05) is 25.7 Å². The third-order valence-electron chi connectivity index (χ3n) is 3.70. The van der Waals surface area contributed by atoms with E-state index in [1.54, 1.807) is 18.5 Å². The van der Waals surface area contributed by atoms with E-state index >= 15 is 0 Å². The number of aliphatic hydroxyl groups is 1. The van der Waals surface area contributed by atoms with Gasteiger partial charge in [-0.05, 0) is 23.8 Å². The summed E-state index contributed by atoms with van der Waals surface area (Å²) in [6, 6.07) is 1.73. The van der Waals surface area contributed by atoms with Crippen LogP contribution >= 0.6 is 0 Å². The number of carbonyl (C=O) groups excluding carboxylic acids is 1. The molecule has 2 rings (SSSR count). The van der Waals surface area contributed by atoms with E-state index < -0.39 is 0 Å². The minimum atomic E-state index is -0.106. The molecular weight excluding hydrogens is 252 g/mol. The Morgan fingerprint density at radius 2 is 2.30 bits per heavy atom. The van der Waals surface area contributed by atoms with Crippen molar-refractivity contribution in [1.82, 2.24) is 10.3 Å². The largest absolute Gasteiger partial charge is 0.395 e. The van der Waals surface area contributed by atoms with Gasteiger partial charge in [-0.2, -0.15) is 0 Å². The normalized spacial score (nSPS) is 18.9. The molecule has 1 aromatic heterocycles. The zero-order valence-corrected chi connectivity index (χ0v) is 11.9. The molecule has 4 nitrogen and oxygen atoms in total. The number of rotatable bonds is 4. The molecule has 0 bridgehead atoms. The summed E-state index contributed by atoms with van der Waals surface area (Å²) in [5, 5.41) is 11.6. The predicted molar refractivity (Wildman–Crippen MR) is 77.0 cm³/mol. The zero-order chi connectivity index (χ0) is 14.6. The maximum absolute atomic E-state index is 12.0. The van der Waals surface area contributed by atoms with Gasteiger partial charge < -0.3 is 10.4 Å². The fraction of sp³-hybridized carbons (Fsp3) is 0.500. The highest BCUT2D eigenvalue weighted by Gasteiger charge is 2.45. The number of aromatic nitrogens is 1. The Bertz CT molecular complexity index is 555. The van der Waals surface area contributed by atoms with E-state index in [1.807, 2.05) is 0 Å². The van der Waals surface area contributed by atoms with E-state index in [1.165, 1.54) is 0 Å². The van der Waals surface area contributed by atoms with Crippen molar-refractivity contribution in [2.75, 3.05) is 13.2 Å². The highest BCUT2D eigenvalue weighted by Crippen LogP contribution is 2.50. The summed E-state index contributed by atoms with van der Waals surface area (Å²) in [7, 11) is 0. The van der Waals surface area contributed by atoms with Crippen molar-refractivity contribution < 1.29 is 9.90 Å². The van der Waals surface area contributed by atoms with Gasteiger partial charge >= 0.3 is 0 Å². The third-order valence-corrected chi connectivity index (χ3v) is 3.70. The van der Waals surface area contributed by atoms with E-state index in [9.17, 15) is 4.79 Å². The molecule has 2 N–H and O–H groups in total. The summed E-state index contributed by atoms with van der Waals surface area (Å²) in [6.07, 6.45) is 4.75. The number of pyridine rings is 1. The molecule has 1 aliphatic rings. The molecule has 1 unspecified atom stereocenters. The van der Waals surface area contributed by atoms with E-state index in [2.05, 4.69) is 36.0 Å². The summed E-state index contributed by atoms with van der Waals surface area (Å²) < 4.78 is 0. The summed E-state index contributed by atoms with van der Waals surface area (Å²) in [5.41, 5.74) is 1.58. The number of hydrogen-bond acceptors (Lipinski definition) is 3. The number of hydrogen-bond donors (Lipinski definition) is 2. The Hall–Kier alpha value is -1.86. The number of nitrogens with zero attached hydrogens (tertiary/aromatic N) is 1. The molecule has 0 aromatic carbocycles. The van der Waals surface area contributed by atoms with Crippen LogP contribution in [0.25, 0.3) is 0 Å². The van der Waals surface area contributed by atoms with Crippen molar-refractivity contribution in [3.8, 4) is 11.8 Å². The molecule has 1 amide bonds. The van der Waals surface area contributed by atoms with Gasteiger partial charge in [0.2, 0.25) is 0 Å². The molecule has 1 heterocycles. The highest BCUT2D eigenvalue weighted by molar-refractivity contribution is 5.94. The van der Waals surface area contributed by atoms with Gasteiger partial charge in [0, 0.05) is 30.9 Å². The first kappa shape index (κ1) is 14.5. The van der Waals surface area contributed by atoms with E-state index in [0.717, 1.165) is 6.42 Å². The maximum atomic E-state index is 12.0. The monoisotopic (exact) mass is 272 g/mol. The number of aliphatic hydroxyl groups excluding tert-OH is 1. The number of carbonyl (C=O) groups is 1. The van der Waals surface area contributed by atoms with Crippen molar-refractivity contribution >= 4 is 5.91 Å². The van der Waals surface area contributed by atoms with Crippen LogP contribution in [0.1, 0.15) is 42.6 Å². The molecule has 0 radical (unpaired) electrons. The molecule has 4 heteroatoms. The molecular formula is C16H20N2O2. The molecule has 20 heavy (non-hydrogen) atoms. The first-order chi connectivity index (χ1) is 9.53. The van der Waals surface area contributed by atoms with Gasteiger partial charge in [0.25, 0.3) is 5.91 Å². The molecule has 1 aliphatic carbocycles. The molecule has 0 saturated heterocycles. The van der Waals surface area contributed by atoms with Crippen LogP contribution in [0.3, 0.4) is 0 Å². The van der Waals surface area contributed by atoms with Crippen LogP contribution in [0.15, 0.2) is 18.5 Å². The highest BCUT2D eigenvalue weighted by atomic mass is 16.2. The molecule has 0 aliphatic heterocycles. The Morgan fingerprint density at radius 3 is 2.95 bits per heavy atom. The molecule has 0 spiro atoms.